The molecule has 0 saturated heterocycles. The minimum Gasteiger partial charge on any atom is -0.493 e. The smallest absolute Gasteiger partial charge is 0.274 e. The fraction of sp³-hybridized carbons (Fsp3) is 0.417. The molecular formula is C12H15F2NO3. The monoisotopic (exact) mass is 259 g/mol. The number of carbonyl (C=O) groups is 1. The Morgan fingerprint density at radius 3 is 2.33 bits per heavy atom. The third-order valence-electron chi connectivity index (χ3n) is 2.46. The molecule has 0 aliphatic heterocycles. The molecule has 1 aromatic carbocycles. The molecule has 100 valence electrons. The van der Waals surface area contributed by atoms with E-state index in [1.54, 1.807) is 0 Å². The minimum atomic E-state index is -3.15. The summed E-state index contributed by atoms with van der Waals surface area (Å²) >= 11 is 0. The van der Waals surface area contributed by atoms with Gasteiger partial charge in [0.2, 0.25) is 0 Å². The molecule has 0 amide bonds. The molecule has 0 bridgehead atoms. The van der Waals surface area contributed by atoms with Crippen LogP contribution in [-0.4, -0.2) is 26.5 Å². The largest absolute Gasteiger partial charge is 0.493 e. The zero-order valence-electron chi connectivity index (χ0n) is 10.4. The summed E-state index contributed by atoms with van der Waals surface area (Å²) in [4.78, 5) is 11.5. The van der Waals surface area contributed by atoms with Crippen molar-refractivity contribution in [2.45, 2.75) is 12.8 Å². The van der Waals surface area contributed by atoms with Crippen molar-refractivity contribution in [3.63, 3.8) is 0 Å². The minimum absolute atomic E-state index is 0.0756. The van der Waals surface area contributed by atoms with Crippen molar-refractivity contribution in [1.29, 1.82) is 0 Å². The van der Waals surface area contributed by atoms with Gasteiger partial charge in [0.05, 0.1) is 26.3 Å². The normalized spacial score (nSPS) is 11.2. The van der Waals surface area contributed by atoms with Crippen LogP contribution in [0.1, 0.15) is 22.8 Å². The van der Waals surface area contributed by atoms with E-state index in [2.05, 4.69) is 0 Å². The summed E-state index contributed by atoms with van der Waals surface area (Å²) in [5.74, 6) is -3.60. The van der Waals surface area contributed by atoms with Gasteiger partial charge in [-0.1, -0.05) is 0 Å². The molecule has 0 unspecified atom stereocenters. The van der Waals surface area contributed by atoms with Crippen LogP contribution in [0.3, 0.4) is 0 Å². The van der Waals surface area contributed by atoms with Crippen LogP contribution in [0.25, 0.3) is 0 Å². The molecule has 0 saturated carbocycles. The van der Waals surface area contributed by atoms with Crippen LogP contribution < -0.4 is 15.2 Å². The molecular weight excluding hydrogens is 244 g/mol. The highest BCUT2D eigenvalue weighted by atomic mass is 19.3. The number of nitrogens with two attached hydrogens (primary N) is 1. The maximum atomic E-state index is 13.5. The number of rotatable bonds is 5. The van der Waals surface area contributed by atoms with Gasteiger partial charge >= 0.3 is 0 Å². The summed E-state index contributed by atoms with van der Waals surface area (Å²) in [6.07, 6.45) is 0. The van der Waals surface area contributed by atoms with Gasteiger partial charge in [0, 0.05) is 12.5 Å². The molecule has 1 aromatic rings. The SMILES string of the molecule is COc1cc(C(=O)CN)cc(C(C)(F)F)c1OC. The average Bonchev–Trinajstić information content (AvgIpc) is 2.34. The van der Waals surface area contributed by atoms with Crippen LogP contribution in [0.2, 0.25) is 0 Å². The van der Waals surface area contributed by atoms with E-state index in [1.165, 1.54) is 20.3 Å². The number of hydrogen-bond donors (Lipinski definition) is 1. The van der Waals surface area contributed by atoms with Gasteiger partial charge in [0.15, 0.2) is 17.3 Å². The van der Waals surface area contributed by atoms with Gasteiger partial charge in [-0.05, 0) is 12.1 Å². The van der Waals surface area contributed by atoms with Crippen molar-refractivity contribution >= 4 is 5.78 Å². The van der Waals surface area contributed by atoms with E-state index < -0.39 is 17.3 Å². The lowest BCUT2D eigenvalue weighted by atomic mass is 10.0. The molecule has 6 heteroatoms. The molecule has 0 aromatic heterocycles. The van der Waals surface area contributed by atoms with Gasteiger partial charge in [-0.25, -0.2) is 8.78 Å². The van der Waals surface area contributed by atoms with Crippen molar-refractivity contribution < 1.29 is 23.0 Å². The van der Waals surface area contributed by atoms with Gasteiger partial charge in [-0.15, -0.1) is 0 Å². The van der Waals surface area contributed by atoms with E-state index in [-0.39, 0.29) is 23.6 Å². The van der Waals surface area contributed by atoms with E-state index in [4.69, 9.17) is 15.2 Å². The topological polar surface area (TPSA) is 61.5 Å². The second-order valence-corrected chi connectivity index (χ2v) is 3.77. The predicted octanol–water partition coefficient (Wildman–Crippen LogP) is 1.96. The Labute approximate surface area is 104 Å². The van der Waals surface area contributed by atoms with Crippen LogP contribution in [-0.2, 0) is 5.92 Å². The van der Waals surface area contributed by atoms with Crippen LogP contribution in [0, 0.1) is 0 Å². The highest BCUT2D eigenvalue weighted by Crippen LogP contribution is 2.41. The van der Waals surface area contributed by atoms with Crippen LogP contribution in [0.4, 0.5) is 8.78 Å². The number of ether oxygens (including phenoxy) is 2. The number of benzene rings is 1. The highest BCUT2D eigenvalue weighted by Gasteiger charge is 2.31. The van der Waals surface area contributed by atoms with E-state index in [9.17, 15) is 13.6 Å². The van der Waals surface area contributed by atoms with E-state index in [1.807, 2.05) is 0 Å². The lowest BCUT2D eigenvalue weighted by molar-refractivity contribution is 0.0147. The highest BCUT2D eigenvalue weighted by molar-refractivity contribution is 5.98. The summed E-state index contributed by atoms with van der Waals surface area (Å²) in [5, 5.41) is 0. The Kier molecular flexibility index (Phi) is 4.24. The first-order chi connectivity index (χ1) is 8.35. The number of methoxy groups -OCH3 is 2. The maximum absolute atomic E-state index is 13.5. The first kappa shape index (κ1) is 14.4. The maximum Gasteiger partial charge on any atom is 0.274 e. The van der Waals surface area contributed by atoms with Gasteiger partial charge in [0.1, 0.15) is 0 Å². The zero-order chi connectivity index (χ0) is 13.9. The number of alkyl halides is 2. The molecule has 1 rings (SSSR count). The Bertz CT molecular complexity index is 455. The Balaban J connectivity index is 3.51. The van der Waals surface area contributed by atoms with Gasteiger partial charge in [0.25, 0.3) is 5.92 Å². The van der Waals surface area contributed by atoms with Crippen LogP contribution in [0.15, 0.2) is 12.1 Å². The molecule has 0 aliphatic carbocycles. The lowest BCUT2D eigenvalue weighted by Gasteiger charge is -2.18. The summed E-state index contributed by atoms with van der Waals surface area (Å²) in [7, 11) is 2.57. The van der Waals surface area contributed by atoms with Crippen LogP contribution in [0.5, 0.6) is 11.5 Å². The first-order valence-corrected chi connectivity index (χ1v) is 5.22. The predicted molar refractivity (Wildman–Crippen MR) is 62.5 cm³/mol. The molecule has 2 N–H and O–H groups in total. The first-order valence-electron chi connectivity index (χ1n) is 5.22. The lowest BCUT2D eigenvalue weighted by Crippen LogP contribution is -2.16. The Morgan fingerprint density at radius 2 is 1.94 bits per heavy atom. The number of carbonyl (C=O) groups excluding carboxylic acids is 1. The van der Waals surface area contributed by atoms with E-state index >= 15 is 0 Å². The summed E-state index contributed by atoms with van der Waals surface area (Å²) < 4.78 is 36.8. The summed E-state index contributed by atoms with van der Waals surface area (Å²) in [6, 6.07) is 2.42. The van der Waals surface area contributed by atoms with Crippen molar-refractivity contribution in [3.05, 3.63) is 23.3 Å². The number of halogens is 2. The molecule has 0 heterocycles. The molecule has 4 nitrogen and oxygen atoms in total. The Morgan fingerprint density at radius 1 is 1.33 bits per heavy atom. The van der Waals surface area contributed by atoms with E-state index in [0.29, 0.717) is 0 Å². The standard InChI is InChI=1S/C12H15F2NO3/c1-12(13,14)8-4-7(9(16)6-15)5-10(17-2)11(8)18-3/h4-5H,6,15H2,1-3H3. The van der Waals surface area contributed by atoms with E-state index in [0.717, 1.165) is 13.0 Å². The molecule has 0 spiro atoms. The quantitative estimate of drug-likeness (QED) is 0.821. The molecule has 0 fully saturated rings. The Hall–Kier alpha value is -1.69. The molecule has 18 heavy (non-hydrogen) atoms. The fourth-order valence-electron chi connectivity index (χ4n) is 1.57. The molecule has 0 atom stereocenters. The van der Waals surface area contributed by atoms with Crippen molar-refractivity contribution in [1.82, 2.24) is 0 Å². The zero-order valence-corrected chi connectivity index (χ0v) is 10.4. The molecule has 0 aliphatic rings. The van der Waals surface area contributed by atoms with Crippen LogP contribution >= 0.6 is 0 Å². The third-order valence-corrected chi connectivity index (χ3v) is 2.46. The second kappa shape index (κ2) is 5.30. The number of hydrogen-bond acceptors (Lipinski definition) is 4. The fourth-order valence-corrected chi connectivity index (χ4v) is 1.57. The summed E-state index contributed by atoms with van der Waals surface area (Å²) in [6.45, 7) is 0.463. The van der Waals surface area contributed by atoms with Gasteiger partial charge in [-0.3, -0.25) is 4.79 Å². The molecule has 0 radical (unpaired) electrons. The van der Waals surface area contributed by atoms with Gasteiger partial charge in [-0.2, -0.15) is 0 Å². The summed E-state index contributed by atoms with van der Waals surface area (Å²) in [5.41, 5.74) is 4.89. The van der Waals surface area contributed by atoms with Gasteiger partial charge < -0.3 is 15.2 Å². The average molecular weight is 259 g/mol. The second-order valence-electron chi connectivity index (χ2n) is 3.77. The third kappa shape index (κ3) is 2.76. The number of Topliss-reactive ketones (excluding diaryl/α,β-unsaturated/α-hetero) is 1. The van der Waals surface area contributed by atoms with Crippen molar-refractivity contribution in [3.8, 4) is 11.5 Å². The van der Waals surface area contributed by atoms with Crippen molar-refractivity contribution in [2.24, 2.45) is 5.73 Å². The number of ketones is 1. The van der Waals surface area contributed by atoms with Crippen molar-refractivity contribution in [2.75, 3.05) is 20.8 Å².